The number of carbonyl (C=O) groups excluding carboxylic acids is 1. The van der Waals surface area contributed by atoms with Gasteiger partial charge in [0.15, 0.2) is 0 Å². The third-order valence-electron chi connectivity index (χ3n) is 3.90. The second kappa shape index (κ2) is 4.24. The molecule has 2 fully saturated rings. The van der Waals surface area contributed by atoms with E-state index >= 15 is 0 Å². The van der Waals surface area contributed by atoms with Crippen molar-refractivity contribution in [2.75, 3.05) is 31.1 Å². The van der Waals surface area contributed by atoms with Crippen molar-refractivity contribution in [2.45, 2.75) is 18.4 Å². The summed E-state index contributed by atoms with van der Waals surface area (Å²) >= 11 is 0. The number of amides is 1. The Hall–Kier alpha value is -1.62. The van der Waals surface area contributed by atoms with Gasteiger partial charge in [-0.3, -0.25) is 4.79 Å². The van der Waals surface area contributed by atoms with Gasteiger partial charge in [-0.05, 0) is 24.5 Å². The maximum Gasteiger partial charge on any atom is 0.209 e. The molecule has 2 heterocycles. The molecule has 2 N–H and O–H groups in total. The number of hydrogen-bond donors (Lipinski definition) is 1. The Bertz CT molecular complexity index is 433. The summed E-state index contributed by atoms with van der Waals surface area (Å²) in [4.78, 5) is 19.1. The van der Waals surface area contributed by atoms with Crippen LogP contribution in [0.25, 0.3) is 0 Å². The van der Waals surface area contributed by atoms with E-state index in [9.17, 15) is 4.79 Å². The molecule has 5 heteroatoms. The predicted molar refractivity (Wildman–Crippen MR) is 69.2 cm³/mol. The van der Waals surface area contributed by atoms with E-state index < -0.39 is 0 Å². The van der Waals surface area contributed by atoms with Gasteiger partial charge >= 0.3 is 0 Å². The van der Waals surface area contributed by atoms with Crippen LogP contribution in [0.5, 0.6) is 0 Å². The smallest absolute Gasteiger partial charge is 0.209 e. The van der Waals surface area contributed by atoms with Crippen LogP contribution in [-0.2, 0) is 10.3 Å². The molecular formula is C13H18N4O. The quantitative estimate of drug-likeness (QED) is 0.780. The predicted octanol–water partition coefficient (Wildman–Crippen LogP) is 0.308. The van der Waals surface area contributed by atoms with Gasteiger partial charge in [0.05, 0.1) is 0 Å². The zero-order valence-electron chi connectivity index (χ0n) is 10.4. The molecule has 0 spiro atoms. The van der Waals surface area contributed by atoms with Gasteiger partial charge in [-0.15, -0.1) is 0 Å². The van der Waals surface area contributed by atoms with Gasteiger partial charge in [0.2, 0.25) is 6.41 Å². The lowest BCUT2D eigenvalue weighted by molar-refractivity contribution is -0.118. The highest BCUT2D eigenvalue weighted by atomic mass is 16.1. The van der Waals surface area contributed by atoms with Gasteiger partial charge in [-0.1, -0.05) is 6.07 Å². The summed E-state index contributed by atoms with van der Waals surface area (Å²) in [6, 6.07) is 4.13. The van der Waals surface area contributed by atoms with Gasteiger partial charge in [0.25, 0.3) is 0 Å². The Balaban J connectivity index is 1.68. The van der Waals surface area contributed by atoms with E-state index in [1.807, 2.05) is 12.3 Å². The first-order valence-corrected chi connectivity index (χ1v) is 6.41. The van der Waals surface area contributed by atoms with Crippen LogP contribution < -0.4 is 10.6 Å². The Morgan fingerprint density at radius 2 is 1.94 bits per heavy atom. The summed E-state index contributed by atoms with van der Waals surface area (Å²) in [5, 5.41) is 0. The molecule has 1 saturated carbocycles. The summed E-state index contributed by atoms with van der Waals surface area (Å²) in [7, 11) is 0. The molecule has 96 valence electrons. The maximum absolute atomic E-state index is 10.6. The molecule has 0 atom stereocenters. The van der Waals surface area contributed by atoms with Crippen LogP contribution in [0.2, 0.25) is 0 Å². The van der Waals surface area contributed by atoms with Crippen molar-refractivity contribution in [1.82, 2.24) is 9.88 Å². The second-order valence-corrected chi connectivity index (χ2v) is 5.19. The fraction of sp³-hybridized carbons (Fsp3) is 0.538. The van der Waals surface area contributed by atoms with Crippen LogP contribution in [0.3, 0.4) is 0 Å². The van der Waals surface area contributed by atoms with Crippen molar-refractivity contribution in [2.24, 2.45) is 5.73 Å². The van der Waals surface area contributed by atoms with E-state index in [1.54, 1.807) is 4.90 Å². The minimum Gasteiger partial charge on any atom is -0.353 e. The molecule has 0 aromatic carbocycles. The average Bonchev–Trinajstić information content (AvgIpc) is 3.18. The van der Waals surface area contributed by atoms with Crippen LogP contribution in [0, 0.1) is 0 Å². The number of rotatable bonds is 3. The molecule has 1 aromatic heterocycles. The van der Waals surface area contributed by atoms with Crippen molar-refractivity contribution in [3.05, 3.63) is 23.9 Å². The number of anilines is 1. The number of nitrogens with two attached hydrogens (primary N) is 1. The first-order valence-electron chi connectivity index (χ1n) is 6.41. The molecule has 0 radical (unpaired) electrons. The summed E-state index contributed by atoms with van der Waals surface area (Å²) in [5.74, 6) is 0.980. The summed E-state index contributed by atoms with van der Waals surface area (Å²) in [5.41, 5.74) is 7.16. The first-order chi connectivity index (χ1) is 8.71. The third kappa shape index (κ3) is 2.06. The maximum atomic E-state index is 10.6. The summed E-state index contributed by atoms with van der Waals surface area (Å²) in [6.07, 6.45) is 4.94. The third-order valence-corrected chi connectivity index (χ3v) is 3.90. The van der Waals surface area contributed by atoms with E-state index in [0.717, 1.165) is 56.8 Å². The van der Waals surface area contributed by atoms with Crippen LogP contribution in [-0.4, -0.2) is 42.5 Å². The monoisotopic (exact) mass is 246 g/mol. The van der Waals surface area contributed by atoms with Crippen LogP contribution in [0.1, 0.15) is 18.4 Å². The van der Waals surface area contributed by atoms with E-state index in [4.69, 9.17) is 5.73 Å². The molecule has 0 unspecified atom stereocenters. The van der Waals surface area contributed by atoms with E-state index in [1.165, 1.54) is 0 Å². The standard InChI is InChI=1S/C13H18N4O/c14-13(3-4-13)11-1-2-12(15-9-11)17-7-5-16(10-18)6-8-17/h1-2,9-10H,3-8,14H2. The minimum absolute atomic E-state index is 0.109. The number of nitrogens with zero attached hydrogens (tertiary/aromatic N) is 3. The van der Waals surface area contributed by atoms with Gasteiger partial charge in [-0.2, -0.15) is 0 Å². The number of piperazine rings is 1. The molecular weight excluding hydrogens is 228 g/mol. The average molecular weight is 246 g/mol. The van der Waals surface area contributed by atoms with E-state index in [0.29, 0.717) is 0 Å². The van der Waals surface area contributed by atoms with Crippen molar-refractivity contribution >= 4 is 12.2 Å². The van der Waals surface area contributed by atoms with Crippen LogP contribution >= 0.6 is 0 Å². The molecule has 1 saturated heterocycles. The van der Waals surface area contributed by atoms with Gasteiger partial charge in [0, 0.05) is 37.9 Å². The Morgan fingerprint density at radius 3 is 2.44 bits per heavy atom. The zero-order valence-corrected chi connectivity index (χ0v) is 10.4. The number of hydrogen-bond acceptors (Lipinski definition) is 4. The van der Waals surface area contributed by atoms with Crippen LogP contribution in [0.15, 0.2) is 18.3 Å². The number of pyridine rings is 1. The molecule has 1 amide bonds. The first kappa shape index (κ1) is 11.5. The Morgan fingerprint density at radius 1 is 1.22 bits per heavy atom. The van der Waals surface area contributed by atoms with Crippen LogP contribution in [0.4, 0.5) is 5.82 Å². The van der Waals surface area contributed by atoms with Gasteiger partial charge < -0.3 is 15.5 Å². The van der Waals surface area contributed by atoms with Crippen molar-refractivity contribution < 1.29 is 4.79 Å². The molecule has 1 aromatic rings. The highest BCUT2D eigenvalue weighted by Gasteiger charge is 2.40. The zero-order chi connectivity index (χ0) is 12.6. The van der Waals surface area contributed by atoms with Crippen molar-refractivity contribution in [3.8, 4) is 0 Å². The lowest BCUT2D eigenvalue weighted by Crippen LogP contribution is -2.46. The molecule has 1 aliphatic carbocycles. The van der Waals surface area contributed by atoms with E-state index in [2.05, 4.69) is 16.0 Å². The molecule has 0 bridgehead atoms. The fourth-order valence-electron chi connectivity index (χ4n) is 2.35. The summed E-state index contributed by atoms with van der Waals surface area (Å²) < 4.78 is 0. The van der Waals surface area contributed by atoms with E-state index in [-0.39, 0.29) is 5.54 Å². The largest absolute Gasteiger partial charge is 0.353 e. The van der Waals surface area contributed by atoms with Crippen molar-refractivity contribution in [3.63, 3.8) is 0 Å². The highest BCUT2D eigenvalue weighted by molar-refractivity contribution is 5.49. The SMILES string of the molecule is NC1(c2ccc(N3CCN(C=O)CC3)nc2)CC1. The second-order valence-electron chi connectivity index (χ2n) is 5.19. The Kier molecular flexibility index (Phi) is 2.70. The molecule has 3 rings (SSSR count). The lowest BCUT2D eigenvalue weighted by atomic mass is 10.1. The normalized spacial score (nSPS) is 21.8. The molecule has 18 heavy (non-hydrogen) atoms. The molecule has 2 aliphatic rings. The molecule has 5 nitrogen and oxygen atoms in total. The Labute approximate surface area is 107 Å². The lowest BCUT2D eigenvalue weighted by Gasteiger charge is -2.33. The topological polar surface area (TPSA) is 62.5 Å². The molecule has 1 aliphatic heterocycles. The van der Waals surface area contributed by atoms with Gasteiger partial charge in [-0.25, -0.2) is 4.98 Å². The minimum atomic E-state index is -0.109. The number of carbonyl (C=O) groups is 1. The number of aromatic nitrogens is 1. The van der Waals surface area contributed by atoms with Crippen molar-refractivity contribution in [1.29, 1.82) is 0 Å². The fourth-order valence-corrected chi connectivity index (χ4v) is 2.35. The van der Waals surface area contributed by atoms with Gasteiger partial charge in [0.1, 0.15) is 5.82 Å². The highest BCUT2D eigenvalue weighted by Crippen LogP contribution is 2.42. The summed E-state index contributed by atoms with van der Waals surface area (Å²) in [6.45, 7) is 3.24.